The lowest BCUT2D eigenvalue weighted by molar-refractivity contribution is -0.214. The topological polar surface area (TPSA) is 115 Å². The highest BCUT2D eigenvalue weighted by Gasteiger charge is 2.42. The molecule has 0 radical (unpaired) electrons. The molecule has 1 saturated heterocycles. The monoisotopic (exact) mass is 411 g/mol. The van der Waals surface area contributed by atoms with Gasteiger partial charge in [-0.2, -0.15) is 0 Å². The number of aliphatic hydroxyl groups excluding tert-OH is 5. The molecule has 3 aromatic rings. The summed E-state index contributed by atoms with van der Waals surface area (Å²) in [6, 6.07) is 12.0. The van der Waals surface area contributed by atoms with E-state index in [2.05, 4.69) is 34.6 Å². The van der Waals surface area contributed by atoms with E-state index in [1.54, 1.807) is 0 Å². The molecule has 0 amide bonds. The summed E-state index contributed by atoms with van der Waals surface area (Å²) in [5, 5.41) is 50.9. The minimum atomic E-state index is -1.45. The number of aromatic nitrogens is 1. The first kappa shape index (κ1) is 20.8. The van der Waals surface area contributed by atoms with Crippen molar-refractivity contribution in [3.8, 4) is 11.8 Å². The maximum Gasteiger partial charge on any atom is 0.147 e. The summed E-state index contributed by atoms with van der Waals surface area (Å²) in [5.74, 6) is 5.76. The third kappa shape index (κ3) is 3.59. The van der Waals surface area contributed by atoms with Crippen molar-refractivity contribution in [2.24, 2.45) is 0 Å². The number of ether oxygens (including phenoxy) is 1. The molecule has 158 valence electrons. The third-order valence-corrected chi connectivity index (χ3v) is 5.60. The van der Waals surface area contributed by atoms with Crippen molar-refractivity contribution in [2.75, 3.05) is 13.2 Å². The number of hydrogen-bond acceptors (Lipinski definition) is 6. The number of nitrogens with zero attached hydrogens (tertiary/aromatic N) is 1. The minimum Gasteiger partial charge on any atom is -0.395 e. The maximum absolute atomic E-state index is 10.2. The molecule has 1 fully saturated rings. The quantitative estimate of drug-likeness (QED) is 0.396. The number of aliphatic hydroxyl groups is 5. The zero-order valence-corrected chi connectivity index (χ0v) is 16.6. The van der Waals surface area contributed by atoms with E-state index in [4.69, 9.17) is 4.74 Å². The van der Waals surface area contributed by atoms with Crippen molar-refractivity contribution in [1.82, 2.24) is 4.57 Å². The minimum absolute atomic E-state index is 0.00754. The Balaban J connectivity index is 1.73. The van der Waals surface area contributed by atoms with Crippen LogP contribution in [0.2, 0.25) is 0 Å². The number of benzene rings is 2. The van der Waals surface area contributed by atoms with Gasteiger partial charge in [0.2, 0.25) is 0 Å². The van der Waals surface area contributed by atoms with Crippen molar-refractivity contribution in [3.05, 3.63) is 47.5 Å². The van der Waals surface area contributed by atoms with Gasteiger partial charge in [0.15, 0.2) is 0 Å². The van der Waals surface area contributed by atoms with Gasteiger partial charge in [0.05, 0.1) is 18.7 Å². The van der Waals surface area contributed by atoms with Crippen LogP contribution in [0.15, 0.2) is 36.4 Å². The summed E-state index contributed by atoms with van der Waals surface area (Å²) in [5.41, 5.74) is 3.79. The lowest BCUT2D eigenvalue weighted by Gasteiger charge is -2.37. The van der Waals surface area contributed by atoms with E-state index in [1.165, 1.54) is 0 Å². The van der Waals surface area contributed by atoms with Gasteiger partial charge in [0.1, 0.15) is 30.5 Å². The summed E-state index contributed by atoms with van der Waals surface area (Å²) in [6.45, 7) is 1.99. The van der Waals surface area contributed by atoms with Crippen molar-refractivity contribution in [3.63, 3.8) is 0 Å². The highest BCUT2D eigenvalue weighted by molar-refractivity contribution is 6.08. The van der Waals surface area contributed by atoms with Gasteiger partial charge in [-0.1, -0.05) is 30.0 Å². The van der Waals surface area contributed by atoms with Crippen LogP contribution in [0.5, 0.6) is 0 Å². The molecule has 0 spiro atoms. The lowest BCUT2D eigenvalue weighted by Crippen LogP contribution is -2.58. The van der Waals surface area contributed by atoms with Crippen molar-refractivity contribution in [1.29, 1.82) is 0 Å². The average molecular weight is 411 g/mol. The van der Waals surface area contributed by atoms with Crippen LogP contribution < -0.4 is 0 Å². The fraction of sp³-hybridized carbons (Fsp3) is 0.391. The predicted molar refractivity (Wildman–Crippen MR) is 112 cm³/mol. The molecule has 30 heavy (non-hydrogen) atoms. The number of rotatable bonds is 3. The first-order chi connectivity index (χ1) is 14.4. The summed E-state index contributed by atoms with van der Waals surface area (Å²) in [7, 11) is 0. The lowest BCUT2D eigenvalue weighted by atomic mass is 9.95. The van der Waals surface area contributed by atoms with Gasteiger partial charge in [0.25, 0.3) is 0 Å². The highest BCUT2D eigenvalue weighted by atomic mass is 16.5. The molecule has 0 unspecified atom stereocenters. The Morgan fingerprint density at radius 1 is 0.933 bits per heavy atom. The average Bonchev–Trinajstić information content (AvgIpc) is 3.04. The van der Waals surface area contributed by atoms with E-state index in [9.17, 15) is 25.5 Å². The standard InChI is InChI=1S/C23H25NO6/c1-13-2-5-15-16-6-3-14(11-18(16)24(8-9-25)17(15)10-13)4-7-19-21(27)23(29)22(28)20(12-26)30-19/h2-3,5-6,10-11,19-23,25-29H,8-9,12H2,1H3/t19-,20-,21-,22-,23-/m1/s1. The Hall–Kier alpha value is -2.44. The normalized spacial score (nSPS) is 26.7. The molecule has 0 bridgehead atoms. The van der Waals surface area contributed by atoms with Gasteiger partial charge in [-0.25, -0.2) is 0 Å². The van der Waals surface area contributed by atoms with E-state index in [1.807, 2.05) is 25.1 Å². The summed E-state index contributed by atoms with van der Waals surface area (Å²) < 4.78 is 7.49. The third-order valence-electron chi connectivity index (χ3n) is 5.60. The molecule has 2 heterocycles. The number of aryl methyl sites for hydroxylation is 1. The Morgan fingerprint density at radius 3 is 2.33 bits per heavy atom. The second-order valence-electron chi connectivity index (χ2n) is 7.65. The van der Waals surface area contributed by atoms with E-state index in [-0.39, 0.29) is 6.61 Å². The van der Waals surface area contributed by atoms with Gasteiger partial charge in [-0.05, 0) is 30.7 Å². The molecule has 4 rings (SSSR count). The first-order valence-electron chi connectivity index (χ1n) is 9.90. The molecule has 5 N–H and O–H groups in total. The van der Waals surface area contributed by atoms with E-state index in [0.29, 0.717) is 12.1 Å². The summed E-state index contributed by atoms with van der Waals surface area (Å²) in [4.78, 5) is 0. The predicted octanol–water partition coefficient (Wildman–Crippen LogP) is 0.289. The van der Waals surface area contributed by atoms with Gasteiger partial charge < -0.3 is 34.8 Å². The van der Waals surface area contributed by atoms with Crippen LogP contribution in [-0.4, -0.2) is 73.8 Å². The Morgan fingerprint density at radius 2 is 1.63 bits per heavy atom. The van der Waals surface area contributed by atoms with Crippen LogP contribution in [0, 0.1) is 18.8 Å². The van der Waals surface area contributed by atoms with E-state index >= 15 is 0 Å². The van der Waals surface area contributed by atoms with Crippen LogP contribution in [0.4, 0.5) is 0 Å². The zero-order chi connectivity index (χ0) is 21.4. The molecule has 1 aromatic heterocycles. The second-order valence-corrected chi connectivity index (χ2v) is 7.65. The van der Waals surface area contributed by atoms with E-state index < -0.39 is 37.1 Å². The van der Waals surface area contributed by atoms with Crippen LogP contribution in [0.3, 0.4) is 0 Å². The molecular weight excluding hydrogens is 386 g/mol. The Labute approximate surface area is 173 Å². The maximum atomic E-state index is 10.2. The summed E-state index contributed by atoms with van der Waals surface area (Å²) in [6.07, 6.45) is -6.27. The second kappa shape index (κ2) is 8.36. The molecule has 7 nitrogen and oxygen atoms in total. The molecule has 1 aliphatic heterocycles. The molecule has 7 heteroatoms. The molecular formula is C23H25NO6. The smallest absolute Gasteiger partial charge is 0.147 e. The van der Waals surface area contributed by atoms with Gasteiger partial charge >= 0.3 is 0 Å². The molecule has 1 aliphatic rings. The molecule has 0 saturated carbocycles. The van der Waals surface area contributed by atoms with Gasteiger partial charge in [-0.3, -0.25) is 0 Å². The fourth-order valence-corrected chi connectivity index (χ4v) is 4.00. The van der Waals surface area contributed by atoms with Crippen LogP contribution >= 0.6 is 0 Å². The highest BCUT2D eigenvalue weighted by Crippen LogP contribution is 2.30. The first-order valence-corrected chi connectivity index (χ1v) is 9.90. The fourth-order valence-electron chi connectivity index (χ4n) is 4.00. The van der Waals surface area contributed by atoms with Crippen LogP contribution in [-0.2, 0) is 11.3 Å². The van der Waals surface area contributed by atoms with Crippen LogP contribution in [0.1, 0.15) is 11.1 Å². The SMILES string of the molecule is Cc1ccc2c3ccc(C#C[C@H]4O[C@H](CO)[C@@H](O)[C@H](O)[C@@H]4O)cc3n(CCO)c2c1. The molecule has 5 atom stereocenters. The Kier molecular flexibility index (Phi) is 5.80. The molecule has 2 aromatic carbocycles. The van der Waals surface area contributed by atoms with Gasteiger partial charge in [0, 0.05) is 28.4 Å². The largest absolute Gasteiger partial charge is 0.395 e. The van der Waals surface area contributed by atoms with Gasteiger partial charge in [-0.15, -0.1) is 0 Å². The van der Waals surface area contributed by atoms with E-state index in [0.717, 1.165) is 27.4 Å². The van der Waals surface area contributed by atoms with Crippen molar-refractivity contribution >= 4 is 21.8 Å². The summed E-state index contributed by atoms with van der Waals surface area (Å²) >= 11 is 0. The van der Waals surface area contributed by atoms with Crippen molar-refractivity contribution < 1.29 is 30.3 Å². The number of fused-ring (bicyclic) bond motifs is 3. The van der Waals surface area contributed by atoms with Crippen LogP contribution in [0.25, 0.3) is 21.8 Å². The molecule has 0 aliphatic carbocycles. The van der Waals surface area contributed by atoms with Crippen molar-refractivity contribution in [2.45, 2.75) is 44.0 Å². The Bertz CT molecular complexity index is 1130. The zero-order valence-electron chi connectivity index (χ0n) is 16.6. The number of hydrogen-bond donors (Lipinski definition) is 5.